The number of carbonyl (C=O) groups is 1. The average Bonchev–Trinajstić information content (AvgIpc) is 2.72. The second-order valence-electron chi connectivity index (χ2n) is 7.29. The lowest BCUT2D eigenvalue weighted by atomic mass is 10.1. The molecular weight excluding hydrogens is 364 g/mol. The van der Waals surface area contributed by atoms with Crippen LogP contribution in [0.1, 0.15) is 30.5 Å². The Labute approximate surface area is 173 Å². The highest BCUT2D eigenvalue weighted by Crippen LogP contribution is 2.14. The monoisotopic (exact) mass is 394 g/mol. The molecule has 5 heteroatoms. The van der Waals surface area contributed by atoms with Crippen LogP contribution in [-0.4, -0.2) is 43.2 Å². The molecule has 1 aliphatic heterocycles. The third-order valence-electron chi connectivity index (χ3n) is 4.81. The Bertz CT molecular complexity index is 817. The summed E-state index contributed by atoms with van der Waals surface area (Å²) in [6.45, 7) is 8.84. The van der Waals surface area contributed by atoms with E-state index in [2.05, 4.69) is 35.3 Å². The first-order valence-corrected chi connectivity index (χ1v) is 10.2. The number of rotatable bonds is 8. The van der Waals surface area contributed by atoms with Crippen LogP contribution in [0.5, 0.6) is 5.75 Å². The highest BCUT2D eigenvalue weighted by Gasteiger charge is 2.16. The van der Waals surface area contributed by atoms with E-state index in [0.29, 0.717) is 13.2 Å². The van der Waals surface area contributed by atoms with Crippen molar-refractivity contribution < 1.29 is 14.3 Å². The summed E-state index contributed by atoms with van der Waals surface area (Å²) >= 11 is 0. The van der Waals surface area contributed by atoms with Gasteiger partial charge >= 0.3 is 0 Å². The van der Waals surface area contributed by atoms with Gasteiger partial charge in [-0.1, -0.05) is 36.4 Å². The maximum atomic E-state index is 12.2. The van der Waals surface area contributed by atoms with Gasteiger partial charge in [0.25, 0.3) is 0 Å². The summed E-state index contributed by atoms with van der Waals surface area (Å²) in [4.78, 5) is 14.6. The van der Waals surface area contributed by atoms with E-state index < -0.39 is 0 Å². The van der Waals surface area contributed by atoms with Crippen molar-refractivity contribution in [1.29, 1.82) is 0 Å². The summed E-state index contributed by atoms with van der Waals surface area (Å²) in [5.74, 6) is 0.729. The standard InChI is InChI=1S/C24H30N2O3/c1-3-28-23-10-7-20(8-11-23)9-12-24(27)25-16-21-5-4-6-22(15-21)18-26-13-14-29-19(2)17-26/h4-12,15,19H,3,13-14,16-18H2,1-2H3,(H,25,27)/b12-9+. The van der Waals surface area contributed by atoms with Gasteiger partial charge < -0.3 is 14.8 Å². The van der Waals surface area contributed by atoms with E-state index in [9.17, 15) is 4.79 Å². The first kappa shape index (κ1) is 21.1. The van der Waals surface area contributed by atoms with E-state index in [-0.39, 0.29) is 12.0 Å². The SMILES string of the molecule is CCOc1ccc(/C=C/C(=O)NCc2cccc(CN3CCOC(C)C3)c2)cc1. The minimum Gasteiger partial charge on any atom is -0.494 e. The molecule has 0 bridgehead atoms. The van der Waals surface area contributed by atoms with Crippen LogP contribution >= 0.6 is 0 Å². The third kappa shape index (κ3) is 7.04. The lowest BCUT2D eigenvalue weighted by Crippen LogP contribution is -2.40. The number of morpholine rings is 1. The van der Waals surface area contributed by atoms with Gasteiger partial charge in [-0.2, -0.15) is 0 Å². The van der Waals surface area contributed by atoms with Crippen LogP contribution in [0.2, 0.25) is 0 Å². The number of carbonyl (C=O) groups excluding carboxylic acids is 1. The Kier molecular flexibility index (Phi) is 7.85. The van der Waals surface area contributed by atoms with Gasteiger partial charge in [-0.3, -0.25) is 9.69 Å². The first-order valence-electron chi connectivity index (χ1n) is 10.2. The maximum Gasteiger partial charge on any atom is 0.244 e. The Morgan fingerprint density at radius 1 is 1.24 bits per heavy atom. The van der Waals surface area contributed by atoms with Crippen LogP contribution in [0.3, 0.4) is 0 Å². The van der Waals surface area contributed by atoms with Crippen molar-refractivity contribution in [3.05, 3.63) is 71.3 Å². The molecule has 1 amide bonds. The van der Waals surface area contributed by atoms with Crippen LogP contribution in [0.25, 0.3) is 6.08 Å². The van der Waals surface area contributed by atoms with Gasteiger partial charge in [0, 0.05) is 32.3 Å². The Morgan fingerprint density at radius 3 is 2.79 bits per heavy atom. The van der Waals surface area contributed by atoms with E-state index in [1.807, 2.05) is 37.3 Å². The highest BCUT2D eigenvalue weighted by atomic mass is 16.5. The van der Waals surface area contributed by atoms with E-state index >= 15 is 0 Å². The number of nitrogens with zero attached hydrogens (tertiary/aromatic N) is 1. The van der Waals surface area contributed by atoms with Crippen LogP contribution < -0.4 is 10.1 Å². The van der Waals surface area contributed by atoms with Gasteiger partial charge in [0.15, 0.2) is 0 Å². The van der Waals surface area contributed by atoms with Gasteiger partial charge in [0.2, 0.25) is 5.91 Å². The zero-order chi connectivity index (χ0) is 20.5. The van der Waals surface area contributed by atoms with Crippen molar-refractivity contribution in [3.63, 3.8) is 0 Å². The number of hydrogen-bond acceptors (Lipinski definition) is 4. The number of nitrogens with one attached hydrogen (secondary N) is 1. The van der Waals surface area contributed by atoms with Crippen LogP contribution in [0, 0.1) is 0 Å². The molecule has 0 aliphatic carbocycles. The lowest BCUT2D eigenvalue weighted by Gasteiger charge is -2.31. The van der Waals surface area contributed by atoms with Crippen molar-refractivity contribution >= 4 is 12.0 Å². The lowest BCUT2D eigenvalue weighted by molar-refractivity contribution is -0.116. The quantitative estimate of drug-likeness (QED) is 0.695. The zero-order valence-electron chi connectivity index (χ0n) is 17.3. The van der Waals surface area contributed by atoms with Gasteiger partial charge in [-0.05, 0) is 48.7 Å². The van der Waals surface area contributed by atoms with Crippen LogP contribution in [-0.2, 0) is 22.6 Å². The largest absolute Gasteiger partial charge is 0.494 e. The second-order valence-corrected chi connectivity index (χ2v) is 7.29. The fourth-order valence-electron chi connectivity index (χ4n) is 3.39. The van der Waals surface area contributed by atoms with E-state index in [1.165, 1.54) is 5.56 Å². The molecule has 1 N–H and O–H groups in total. The fraction of sp³-hybridized carbons (Fsp3) is 0.375. The van der Waals surface area contributed by atoms with Crippen molar-refractivity contribution in [2.75, 3.05) is 26.3 Å². The van der Waals surface area contributed by atoms with Gasteiger partial charge in [0.05, 0.1) is 19.3 Å². The molecule has 2 aromatic carbocycles. The summed E-state index contributed by atoms with van der Waals surface area (Å²) in [5.41, 5.74) is 3.33. The summed E-state index contributed by atoms with van der Waals surface area (Å²) in [5, 5.41) is 2.95. The van der Waals surface area contributed by atoms with Crippen LogP contribution in [0.4, 0.5) is 0 Å². The number of benzene rings is 2. The molecule has 1 atom stereocenters. The molecule has 1 fully saturated rings. The third-order valence-corrected chi connectivity index (χ3v) is 4.81. The number of ether oxygens (including phenoxy) is 2. The molecule has 3 rings (SSSR count). The van der Waals surface area contributed by atoms with Crippen molar-refractivity contribution in [3.8, 4) is 5.75 Å². The summed E-state index contributed by atoms with van der Waals surface area (Å²) < 4.78 is 11.0. The predicted octanol–water partition coefficient (Wildman–Crippen LogP) is 3.64. The zero-order valence-corrected chi connectivity index (χ0v) is 17.3. The molecule has 0 radical (unpaired) electrons. The summed E-state index contributed by atoms with van der Waals surface area (Å²) in [6, 6.07) is 16.1. The van der Waals surface area contributed by atoms with Crippen molar-refractivity contribution in [2.45, 2.75) is 33.0 Å². The molecular formula is C24H30N2O3. The Morgan fingerprint density at radius 2 is 2.03 bits per heavy atom. The Hall–Kier alpha value is -2.63. The van der Waals surface area contributed by atoms with E-state index in [0.717, 1.165) is 43.1 Å². The first-order chi connectivity index (χ1) is 14.1. The molecule has 1 saturated heterocycles. The van der Waals surface area contributed by atoms with E-state index in [1.54, 1.807) is 12.2 Å². The van der Waals surface area contributed by atoms with E-state index in [4.69, 9.17) is 9.47 Å². The number of amides is 1. The van der Waals surface area contributed by atoms with Crippen LogP contribution in [0.15, 0.2) is 54.6 Å². The summed E-state index contributed by atoms with van der Waals surface area (Å²) in [7, 11) is 0. The maximum absolute atomic E-state index is 12.2. The Balaban J connectivity index is 1.48. The topological polar surface area (TPSA) is 50.8 Å². The number of hydrogen-bond donors (Lipinski definition) is 1. The van der Waals surface area contributed by atoms with Gasteiger partial charge in [-0.25, -0.2) is 0 Å². The highest BCUT2D eigenvalue weighted by molar-refractivity contribution is 5.91. The second kappa shape index (κ2) is 10.8. The van der Waals surface area contributed by atoms with Crippen molar-refractivity contribution in [2.24, 2.45) is 0 Å². The molecule has 5 nitrogen and oxygen atoms in total. The molecule has 0 aromatic heterocycles. The van der Waals surface area contributed by atoms with Gasteiger partial charge in [-0.15, -0.1) is 0 Å². The predicted molar refractivity (Wildman–Crippen MR) is 116 cm³/mol. The molecule has 1 aliphatic rings. The molecule has 29 heavy (non-hydrogen) atoms. The van der Waals surface area contributed by atoms with Gasteiger partial charge in [0.1, 0.15) is 5.75 Å². The molecule has 1 unspecified atom stereocenters. The van der Waals surface area contributed by atoms with Crippen molar-refractivity contribution in [1.82, 2.24) is 10.2 Å². The average molecular weight is 395 g/mol. The normalized spacial score (nSPS) is 17.4. The minimum atomic E-state index is -0.105. The molecule has 2 aromatic rings. The molecule has 154 valence electrons. The summed E-state index contributed by atoms with van der Waals surface area (Å²) in [6.07, 6.45) is 3.66. The molecule has 0 spiro atoms. The fourth-order valence-corrected chi connectivity index (χ4v) is 3.39. The minimum absolute atomic E-state index is 0.105. The smallest absolute Gasteiger partial charge is 0.244 e. The molecule has 1 heterocycles. The molecule has 0 saturated carbocycles.